The van der Waals surface area contributed by atoms with E-state index in [1.165, 1.54) is 13.2 Å². The summed E-state index contributed by atoms with van der Waals surface area (Å²) in [5.41, 5.74) is -0.198. The number of hydrogen-bond donors (Lipinski definition) is 1. The Morgan fingerprint density at radius 1 is 1.61 bits per heavy atom. The van der Waals surface area contributed by atoms with Crippen LogP contribution in [-0.4, -0.2) is 31.3 Å². The molecule has 1 saturated heterocycles. The minimum absolute atomic E-state index is 0.0191. The summed E-state index contributed by atoms with van der Waals surface area (Å²) in [6, 6.07) is 2.17. The third-order valence-electron chi connectivity index (χ3n) is 2.75. The third-order valence-corrected chi connectivity index (χ3v) is 2.75. The minimum atomic E-state index is -0.676. The summed E-state index contributed by atoms with van der Waals surface area (Å²) < 4.78 is 23.8. The summed E-state index contributed by atoms with van der Waals surface area (Å²) in [6.45, 7) is 1.13. The maximum atomic E-state index is 13.7. The van der Waals surface area contributed by atoms with E-state index in [0.717, 1.165) is 12.5 Å². The standard InChI is InChI=1S/C11H13FN2O4/c1-17-11-5-9(13-7-2-3-18-6-7)8(12)4-10(11)14(15)16/h4-5,7,13H,2-3,6H2,1H3. The Morgan fingerprint density at radius 2 is 2.39 bits per heavy atom. The van der Waals surface area contributed by atoms with E-state index in [0.29, 0.717) is 13.2 Å². The van der Waals surface area contributed by atoms with Crippen molar-refractivity contribution in [2.45, 2.75) is 12.5 Å². The molecule has 0 aromatic heterocycles. The Balaban J connectivity index is 2.27. The molecule has 98 valence electrons. The number of nitrogens with one attached hydrogen (secondary N) is 1. The molecule has 1 aliphatic rings. The van der Waals surface area contributed by atoms with Crippen LogP contribution in [0.5, 0.6) is 5.75 Å². The number of halogens is 1. The predicted molar refractivity (Wildman–Crippen MR) is 62.5 cm³/mol. The first-order valence-electron chi connectivity index (χ1n) is 5.48. The molecule has 1 atom stereocenters. The smallest absolute Gasteiger partial charge is 0.313 e. The summed E-state index contributed by atoms with van der Waals surface area (Å²) in [4.78, 5) is 10.0. The molecule has 1 aliphatic heterocycles. The molecule has 0 spiro atoms. The Hall–Kier alpha value is -1.89. The average molecular weight is 256 g/mol. The highest BCUT2D eigenvalue weighted by molar-refractivity contribution is 5.59. The number of anilines is 1. The lowest BCUT2D eigenvalue weighted by Gasteiger charge is -2.14. The van der Waals surface area contributed by atoms with E-state index in [4.69, 9.17) is 9.47 Å². The zero-order valence-electron chi connectivity index (χ0n) is 9.81. The molecule has 1 heterocycles. The molecule has 0 aliphatic carbocycles. The van der Waals surface area contributed by atoms with Crippen molar-refractivity contribution < 1.29 is 18.8 Å². The molecule has 1 N–H and O–H groups in total. The van der Waals surface area contributed by atoms with Gasteiger partial charge in [-0.25, -0.2) is 4.39 Å². The van der Waals surface area contributed by atoms with Gasteiger partial charge < -0.3 is 14.8 Å². The van der Waals surface area contributed by atoms with Gasteiger partial charge in [-0.1, -0.05) is 0 Å². The third kappa shape index (κ3) is 2.51. The molecule has 1 aromatic carbocycles. The molecule has 1 unspecified atom stereocenters. The molecule has 0 amide bonds. The van der Waals surface area contributed by atoms with Crippen molar-refractivity contribution in [1.29, 1.82) is 0 Å². The van der Waals surface area contributed by atoms with Gasteiger partial charge in [-0.05, 0) is 6.42 Å². The Kier molecular flexibility index (Phi) is 3.61. The maximum Gasteiger partial charge on any atom is 0.313 e. The van der Waals surface area contributed by atoms with E-state index in [-0.39, 0.29) is 23.2 Å². The van der Waals surface area contributed by atoms with Crippen molar-refractivity contribution in [2.24, 2.45) is 0 Å². The molecule has 2 rings (SSSR count). The molecule has 0 radical (unpaired) electrons. The van der Waals surface area contributed by atoms with E-state index in [1.807, 2.05) is 0 Å². The summed E-state index contributed by atoms with van der Waals surface area (Å²) in [7, 11) is 1.31. The van der Waals surface area contributed by atoms with E-state index in [1.54, 1.807) is 0 Å². The first-order valence-corrected chi connectivity index (χ1v) is 5.48. The molecule has 6 nitrogen and oxygen atoms in total. The van der Waals surface area contributed by atoms with Crippen LogP contribution in [0.2, 0.25) is 0 Å². The second kappa shape index (κ2) is 5.18. The highest BCUT2D eigenvalue weighted by atomic mass is 19.1. The summed E-state index contributed by atoms with van der Waals surface area (Å²) in [5, 5.41) is 13.7. The van der Waals surface area contributed by atoms with Crippen molar-refractivity contribution in [3.05, 3.63) is 28.1 Å². The van der Waals surface area contributed by atoms with Gasteiger partial charge >= 0.3 is 5.69 Å². The molecule has 18 heavy (non-hydrogen) atoms. The number of rotatable bonds is 4. The number of methoxy groups -OCH3 is 1. The van der Waals surface area contributed by atoms with Crippen LogP contribution < -0.4 is 10.1 Å². The molecule has 1 aromatic rings. The van der Waals surface area contributed by atoms with E-state index >= 15 is 0 Å². The fraction of sp³-hybridized carbons (Fsp3) is 0.455. The van der Waals surface area contributed by atoms with Gasteiger partial charge in [-0.15, -0.1) is 0 Å². The lowest BCUT2D eigenvalue weighted by atomic mass is 10.2. The minimum Gasteiger partial charge on any atom is -0.490 e. The molecule has 1 fully saturated rings. The molecule has 0 bridgehead atoms. The lowest BCUT2D eigenvalue weighted by molar-refractivity contribution is -0.385. The SMILES string of the molecule is COc1cc(NC2CCOC2)c(F)cc1[N+](=O)[O-]. The summed E-state index contributed by atoms with van der Waals surface area (Å²) >= 11 is 0. The molecule has 0 saturated carbocycles. The van der Waals surface area contributed by atoms with Crippen LogP contribution in [0.3, 0.4) is 0 Å². The quantitative estimate of drug-likeness (QED) is 0.658. The van der Waals surface area contributed by atoms with Gasteiger partial charge in [0.1, 0.15) is 0 Å². The highest BCUT2D eigenvalue weighted by Gasteiger charge is 2.22. The van der Waals surface area contributed by atoms with Crippen molar-refractivity contribution >= 4 is 11.4 Å². The summed E-state index contributed by atoms with van der Waals surface area (Å²) in [5.74, 6) is -0.641. The second-order valence-electron chi connectivity index (χ2n) is 3.97. The monoisotopic (exact) mass is 256 g/mol. The number of ether oxygens (including phenoxy) is 2. The molecular weight excluding hydrogens is 243 g/mol. The van der Waals surface area contributed by atoms with E-state index in [9.17, 15) is 14.5 Å². The first-order chi connectivity index (χ1) is 8.61. The highest BCUT2D eigenvalue weighted by Crippen LogP contribution is 2.32. The van der Waals surface area contributed by atoms with Crippen LogP contribution in [0, 0.1) is 15.9 Å². The van der Waals surface area contributed by atoms with Gasteiger partial charge in [0.2, 0.25) is 0 Å². The van der Waals surface area contributed by atoms with Gasteiger partial charge in [-0.2, -0.15) is 0 Å². The van der Waals surface area contributed by atoms with Crippen LogP contribution >= 0.6 is 0 Å². The fourth-order valence-corrected chi connectivity index (χ4v) is 1.83. The van der Waals surface area contributed by atoms with Crippen molar-refractivity contribution in [3.63, 3.8) is 0 Å². The van der Waals surface area contributed by atoms with Gasteiger partial charge in [0, 0.05) is 12.7 Å². The normalized spacial score (nSPS) is 18.7. The number of nitro groups is 1. The molecule has 7 heteroatoms. The van der Waals surface area contributed by atoms with Crippen LogP contribution in [0.1, 0.15) is 6.42 Å². The number of benzene rings is 1. The van der Waals surface area contributed by atoms with Crippen LogP contribution in [0.25, 0.3) is 0 Å². The lowest BCUT2D eigenvalue weighted by Crippen LogP contribution is -2.19. The Labute approximate surface area is 103 Å². The Morgan fingerprint density at radius 3 is 2.94 bits per heavy atom. The average Bonchev–Trinajstić information content (AvgIpc) is 2.83. The predicted octanol–water partition coefficient (Wildman–Crippen LogP) is 1.94. The largest absolute Gasteiger partial charge is 0.490 e. The van der Waals surface area contributed by atoms with Gasteiger partial charge in [-0.3, -0.25) is 10.1 Å². The second-order valence-corrected chi connectivity index (χ2v) is 3.97. The van der Waals surface area contributed by atoms with Crippen LogP contribution in [0.4, 0.5) is 15.8 Å². The van der Waals surface area contributed by atoms with Gasteiger partial charge in [0.15, 0.2) is 11.6 Å². The zero-order valence-corrected chi connectivity index (χ0v) is 9.81. The summed E-state index contributed by atoms with van der Waals surface area (Å²) in [6.07, 6.45) is 0.777. The molecular formula is C11H13FN2O4. The van der Waals surface area contributed by atoms with Crippen LogP contribution in [0.15, 0.2) is 12.1 Å². The van der Waals surface area contributed by atoms with Crippen molar-refractivity contribution in [1.82, 2.24) is 0 Å². The number of nitro benzene ring substituents is 1. The van der Waals surface area contributed by atoms with E-state index < -0.39 is 10.7 Å². The topological polar surface area (TPSA) is 73.6 Å². The van der Waals surface area contributed by atoms with Gasteiger partial charge in [0.05, 0.1) is 36.4 Å². The van der Waals surface area contributed by atoms with Gasteiger partial charge in [0.25, 0.3) is 0 Å². The number of hydrogen-bond acceptors (Lipinski definition) is 5. The first kappa shape index (κ1) is 12.6. The fourth-order valence-electron chi connectivity index (χ4n) is 1.83. The van der Waals surface area contributed by atoms with Crippen molar-refractivity contribution in [2.75, 3.05) is 25.6 Å². The van der Waals surface area contributed by atoms with E-state index in [2.05, 4.69) is 5.32 Å². The Bertz CT molecular complexity index is 461. The van der Waals surface area contributed by atoms with Crippen molar-refractivity contribution in [3.8, 4) is 5.75 Å². The zero-order chi connectivity index (χ0) is 13.1. The maximum absolute atomic E-state index is 13.7. The number of nitrogens with zero attached hydrogens (tertiary/aromatic N) is 1. The van der Waals surface area contributed by atoms with Crippen LogP contribution in [-0.2, 0) is 4.74 Å².